The number of hydrogen-bond acceptors (Lipinski definition) is 4. The summed E-state index contributed by atoms with van der Waals surface area (Å²) >= 11 is 11.9. The number of nitrogens with zero attached hydrogens (tertiary/aromatic N) is 1. The van der Waals surface area contributed by atoms with Gasteiger partial charge in [0.05, 0.1) is 18.2 Å². The van der Waals surface area contributed by atoms with E-state index in [1.54, 1.807) is 36.4 Å². The number of halogens is 2. The molecule has 2 aromatic carbocycles. The molecule has 0 radical (unpaired) electrons. The van der Waals surface area contributed by atoms with Crippen LogP contribution in [0.4, 0.5) is 5.69 Å². The van der Waals surface area contributed by atoms with E-state index >= 15 is 0 Å². The highest BCUT2D eigenvalue weighted by Gasteiger charge is 2.14. The zero-order valence-electron chi connectivity index (χ0n) is 14.0. The fraction of sp³-hybridized carbons (Fsp3) is 0.100. The number of aromatic nitrogens is 1. The molecular formula is C20H14Cl2N2O3. The van der Waals surface area contributed by atoms with Gasteiger partial charge in [-0.15, -0.1) is 0 Å². The minimum absolute atomic E-state index is 0.180. The molecule has 5 nitrogen and oxygen atoms in total. The molecule has 0 bridgehead atoms. The minimum atomic E-state index is -0.180. The molecule has 1 aliphatic heterocycles. The lowest BCUT2D eigenvalue weighted by molar-refractivity contribution is 0.102. The number of anilines is 1. The predicted molar refractivity (Wildman–Crippen MR) is 104 cm³/mol. The van der Waals surface area contributed by atoms with Crippen molar-refractivity contribution in [2.75, 3.05) is 5.32 Å². The van der Waals surface area contributed by atoms with Gasteiger partial charge in [0.25, 0.3) is 5.91 Å². The zero-order chi connectivity index (χ0) is 18.8. The molecule has 3 aromatic rings. The number of nitrogens with one attached hydrogen (secondary N) is 1. The van der Waals surface area contributed by atoms with E-state index in [9.17, 15) is 4.79 Å². The smallest absolute Gasteiger partial charge is 0.255 e. The van der Waals surface area contributed by atoms with Crippen molar-refractivity contribution in [1.82, 2.24) is 4.98 Å². The van der Waals surface area contributed by atoms with Crippen LogP contribution in [0.3, 0.4) is 0 Å². The Hall–Kier alpha value is -2.60. The summed E-state index contributed by atoms with van der Waals surface area (Å²) in [6.45, 7) is 1.15. The molecule has 0 unspecified atom stereocenters. The lowest BCUT2D eigenvalue weighted by atomic mass is 10.1. The molecule has 136 valence electrons. The fourth-order valence-corrected chi connectivity index (χ4v) is 3.13. The fourth-order valence-electron chi connectivity index (χ4n) is 2.71. The number of carbonyl (C=O) groups excluding carboxylic acids is 1. The Morgan fingerprint density at radius 1 is 1.04 bits per heavy atom. The van der Waals surface area contributed by atoms with E-state index in [0.717, 1.165) is 11.1 Å². The molecule has 0 atom stereocenters. The molecule has 4 rings (SSSR count). The highest BCUT2D eigenvalue weighted by Crippen LogP contribution is 2.29. The Labute approximate surface area is 165 Å². The molecule has 0 saturated carbocycles. The molecule has 2 heterocycles. The van der Waals surface area contributed by atoms with Crippen LogP contribution in [0.1, 0.15) is 21.5 Å². The lowest BCUT2D eigenvalue weighted by Crippen LogP contribution is -2.12. The van der Waals surface area contributed by atoms with Crippen molar-refractivity contribution < 1.29 is 14.3 Å². The van der Waals surface area contributed by atoms with Crippen molar-refractivity contribution in [3.05, 3.63) is 81.5 Å². The number of fused-ring (bicyclic) bond motifs is 1. The average Bonchev–Trinajstić information content (AvgIpc) is 3.13. The third-order valence-electron chi connectivity index (χ3n) is 4.08. The minimum Gasteiger partial charge on any atom is -0.438 e. The van der Waals surface area contributed by atoms with Crippen LogP contribution in [0.25, 0.3) is 0 Å². The summed E-state index contributed by atoms with van der Waals surface area (Å²) in [5, 5.41) is 3.62. The van der Waals surface area contributed by atoms with Gasteiger partial charge in [-0.25, -0.2) is 4.98 Å². The van der Waals surface area contributed by atoms with Crippen LogP contribution in [0.15, 0.2) is 54.7 Å². The van der Waals surface area contributed by atoms with E-state index in [4.69, 9.17) is 32.7 Å². The van der Waals surface area contributed by atoms with Crippen molar-refractivity contribution in [2.24, 2.45) is 0 Å². The molecule has 27 heavy (non-hydrogen) atoms. The summed E-state index contributed by atoms with van der Waals surface area (Å²) in [5.74, 6) is 0.624. The standard InChI is InChI=1S/C20H14Cl2N2O3/c21-15-8-18(22)20(23-9-15)27-17-5-3-16(4-6-17)24-19(25)12-1-2-13-10-26-11-14(13)7-12/h1-9H,10-11H2,(H,24,25). The monoisotopic (exact) mass is 400 g/mol. The molecule has 1 aromatic heterocycles. The van der Waals surface area contributed by atoms with E-state index < -0.39 is 0 Å². The highest BCUT2D eigenvalue weighted by atomic mass is 35.5. The normalized spacial score (nSPS) is 12.5. The van der Waals surface area contributed by atoms with Crippen molar-refractivity contribution in [3.8, 4) is 11.6 Å². The van der Waals surface area contributed by atoms with Crippen LogP contribution in [-0.2, 0) is 18.0 Å². The third kappa shape index (κ3) is 4.06. The van der Waals surface area contributed by atoms with Gasteiger partial charge in [-0.2, -0.15) is 0 Å². The zero-order valence-corrected chi connectivity index (χ0v) is 15.6. The number of carbonyl (C=O) groups is 1. The number of hydrogen-bond donors (Lipinski definition) is 1. The summed E-state index contributed by atoms with van der Waals surface area (Å²) in [5.41, 5.74) is 3.43. The Bertz CT molecular complexity index is 1010. The number of rotatable bonds is 4. The largest absolute Gasteiger partial charge is 0.438 e. The SMILES string of the molecule is O=C(Nc1ccc(Oc2ncc(Cl)cc2Cl)cc1)c1ccc2c(c1)COC2. The quantitative estimate of drug-likeness (QED) is 0.631. The second-order valence-corrected chi connectivity index (χ2v) is 6.84. The highest BCUT2D eigenvalue weighted by molar-refractivity contribution is 6.35. The summed E-state index contributed by atoms with van der Waals surface area (Å²) < 4.78 is 11.0. The van der Waals surface area contributed by atoms with E-state index in [0.29, 0.717) is 40.3 Å². The Morgan fingerprint density at radius 2 is 1.81 bits per heavy atom. The van der Waals surface area contributed by atoms with Crippen molar-refractivity contribution in [2.45, 2.75) is 13.2 Å². The summed E-state index contributed by atoms with van der Waals surface area (Å²) in [4.78, 5) is 16.5. The molecule has 1 N–H and O–H groups in total. The van der Waals surface area contributed by atoms with E-state index in [1.807, 2.05) is 12.1 Å². The summed E-state index contributed by atoms with van der Waals surface area (Å²) in [7, 11) is 0. The van der Waals surface area contributed by atoms with Crippen LogP contribution in [0, 0.1) is 0 Å². The van der Waals surface area contributed by atoms with Crippen molar-refractivity contribution >= 4 is 34.8 Å². The third-order valence-corrected chi connectivity index (χ3v) is 4.56. The first-order valence-corrected chi connectivity index (χ1v) is 8.94. The Kier molecular flexibility index (Phi) is 4.99. The van der Waals surface area contributed by atoms with Crippen molar-refractivity contribution in [3.63, 3.8) is 0 Å². The van der Waals surface area contributed by atoms with Gasteiger partial charge in [0, 0.05) is 17.4 Å². The second-order valence-electron chi connectivity index (χ2n) is 6.00. The first-order valence-electron chi connectivity index (χ1n) is 8.18. The van der Waals surface area contributed by atoms with Gasteiger partial charge >= 0.3 is 0 Å². The first kappa shape index (κ1) is 17.8. The van der Waals surface area contributed by atoms with Gasteiger partial charge in [-0.1, -0.05) is 29.3 Å². The molecule has 0 saturated heterocycles. The molecule has 0 fully saturated rings. The predicted octanol–water partition coefficient (Wildman–Crippen LogP) is 5.46. The summed E-state index contributed by atoms with van der Waals surface area (Å²) in [6.07, 6.45) is 1.46. The van der Waals surface area contributed by atoms with Gasteiger partial charge in [0.1, 0.15) is 10.8 Å². The molecule has 0 spiro atoms. The van der Waals surface area contributed by atoms with Crippen LogP contribution < -0.4 is 10.1 Å². The van der Waals surface area contributed by atoms with Crippen LogP contribution >= 0.6 is 23.2 Å². The van der Waals surface area contributed by atoms with Crippen LogP contribution in [0.5, 0.6) is 11.6 Å². The summed E-state index contributed by atoms with van der Waals surface area (Å²) in [6, 6.07) is 14.1. The number of pyridine rings is 1. The molecule has 1 aliphatic rings. The topological polar surface area (TPSA) is 60.5 Å². The Balaban J connectivity index is 1.43. The molecule has 1 amide bonds. The molecule has 7 heteroatoms. The van der Waals surface area contributed by atoms with Gasteiger partial charge < -0.3 is 14.8 Å². The molecular weight excluding hydrogens is 387 g/mol. The maximum atomic E-state index is 12.4. The van der Waals surface area contributed by atoms with Gasteiger partial charge in [0.2, 0.25) is 5.88 Å². The van der Waals surface area contributed by atoms with E-state index in [-0.39, 0.29) is 11.8 Å². The Morgan fingerprint density at radius 3 is 2.59 bits per heavy atom. The van der Waals surface area contributed by atoms with Crippen LogP contribution in [0.2, 0.25) is 10.0 Å². The number of amides is 1. The number of ether oxygens (including phenoxy) is 2. The second kappa shape index (κ2) is 7.56. The van der Waals surface area contributed by atoms with Crippen LogP contribution in [-0.4, -0.2) is 10.9 Å². The average molecular weight is 401 g/mol. The van der Waals surface area contributed by atoms with Gasteiger partial charge in [-0.3, -0.25) is 4.79 Å². The maximum Gasteiger partial charge on any atom is 0.255 e. The van der Waals surface area contributed by atoms with Crippen molar-refractivity contribution in [1.29, 1.82) is 0 Å². The van der Waals surface area contributed by atoms with Gasteiger partial charge in [0.15, 0.2) is 0 Å². The maximum absolute atomic E-state index is 12.4. The first-order chi connectivity index (χ1) is 13.1. The lowest BCUT2D eigenvalue weighted by Gasteiger charge is -2.09. The van der Waals surface area contributed by atoms with E-state index in [1.165, 1.54) is 6.20 Å². The molecule has 0 aliphatic carbocycles. The van der Waals surface area contributed by atoms with E-state index in [2.05, 4.69) is 10.3 Å². The van der Waals surface area contributed by atoms with Gasteiger partial charge in [-0.05, 0) is 53.6 Å². The number of benzene rings is 2.